The Morgan fingerprint density at radius 2 is 1.84 bits per heavy atom. The molecule has 0 aliphatic carbocycles. The number of amides is 1. The normalized spacial score (nSPS) is 10.6. The van der Waals surface area contributed by atoms with E-state index in [9.17, 15) is 9.90 Å². The Bertz CT molecular complexity index is 924. The van der Waals surface area contributed by atoms with E-state index in [0.29, 0.717) is 28.6 Å². The smallest absolute Gasteiger partial charge is 0.259 e. The van der Waals surface area contributed by atoms with Gasteiger partial charge in [-0.15, -0.1) is 0 Å². The molecule has 3 rings (SSSR count). The van der Waals surface area contributed by atoms with Crippen molar-refractivity contribution in [3.05, 3.63) is 65.2 Å². The van der Waals surface area contributed by atoms with E-state index in [4.69, 9.17) is 16.3 Å². The van der Waals surface area contributed by atoms with Crippen LogP contribution in [0.4, 0.5) is 5.69 Å². The predicted molar refractivity (Wildman–Crippen MR) is 101 cm³/mol. The van der Waals surface area contributed by atoms with Gasteiger partial charge in [0, 0.05) is 11.1 Å². The van der Waals surface area contributed by atoms with Gasteiger partial charge in [-0.25, -0.2) is 0 Å². The van der Waals surface area contributed by atoms with Crippen LogP contribution in [0.15, 0.2) is 54.6 Å². The van der Waals surface area contributed by atoms with Gasteiger partial charge in [0.05, 0.1) is 17.9 Å². The van der Waals surface area contributed by atoms with Gasteiger partial charge in [-0.2, -0.15) is 0 Å². The second kappa shape index (κ2) is 7.45. The Morgan fingerprint density at radius 3 is 2.52 bits per heavy atom. The molecule has 3 aromatic rings. The molecular formula is C20H18ClNO3. The first kappa shape index (κ1) is 17.1. The Kier molecular flexibility index (Phi) is 5.10. The molecule has 0 aliphatic rings. The lowest BCUT2D eigenvalue weighted by Crippen LogP contribution is -2.14. The molecule has 0 heterocycles. The molecule has 0 saturated heterocycles. The van der Waals surface area contributed by atoms with Crippen LogP contribution in [-0.4, -0.2) is 17.6 Å². The average Bonchev–Trinajstić information content (AvgIpc) is 2.61. The number of fused-ring (bicyclic) bond motifs is 1. The molecule has 25 heavy (non-hydrogen) atoms. The first-order chi connectivity index (χ1) is 12.1. The van der Waals surface area contributed by atoms with Gasteiger partial charge < -0.3 is 15.2 Å². The van der Waals surface area contributed by atoms with E-state index in [1.807, 2.05) is 37.3 Å². The summed E-state index contributed by atoms with van der Waals surface area (Å²) in [5.74, 6) is 0.0821. The van der Waals surface area contributed by atoms with E-state index >= 15 is 0 Å². The lowest BCUT2D eigenvalue weighted by Gasteiger charge is -2.13. The summed E-state index contributed by atoms with van der Waals surface area (Å²) < 4.78 is 5.76. The molecule has 0 atom stereocenters. The van der Waals surface area contributed by atoms with Crippen LogP contribution in [0.3, 0.4) is 0 Å². The summed E-state index contributed by atoms with van der Waals surface area (Å²) in [4.78, 5) is 12.7. The molecule has 2 N–H and O–H groups in total. The number of phenolic OH excluding ortho intramolecular Hbond substituents is 1. The molecule has 0 radical (unpaired) electrons. The maximum absolute atomic E-state index is 12.7. The van der Waals surface area contributed by atoms with Gasteiger partial charge in [-0.1, -0.05) is 42.8 Å². The minimum atomic E-state index is -0.352. The summed E-state index contributed by atoms with van der Waals surface area (Å²) in [7, 11) is 0. The highest BCUT2D eigenvalue weighted by Crippen LogP contribution is 2.30. The van der Waals surface area contributed by atoms with Gasteiger partial charge >= 0.3 is 0 Å². The van der Waals surface area contributed by atoms with E-state index in [1.165, 1.54) is 6.07 Å². The summed E-state index contributed by atoms with van der Waals surface area (Å²) >= 11 is 5.83. The third-order valence-electron chi connectivity index (χ3n) is 3.76. The standard InChI is InChI=1S/C20H18ClNO3/c1-2-9-25-19-11-14-6-4-3-5-13(14)10-16(19)20(24)22-17-8-7-15(21)12-18(17)23/h3-8,10-12,23H,2,9H2,1H3,(H,22,24). The summed E-state index contributed by atoms with van der Waals surface area (Å²) in [5.41, 5.74) is 0.713. The molecule has 0 fully saturated rings. The molecule has 0 saturated carbocycles. The molecule has 128 valence electrons. The van der Waals surface area contributed by atoms with Crippen LogP contribution in [0.2, 0.25) is 5.02 Å². The van der Waals surface area contributed by atoms with Gasteiger partial charge in [0.15, 0.2) is 0 Å². The molecule has 0 spiro atoms. The average molecular weight is 356 g/mol. The molecule has 0 aliphatic heterocycles. The van der Waals surface area contributed by atoms with Crippen molar-refractivity contribution in [1.29, 1.82) is 0 Å². The van der Waals surface area contributed by atoms with Crippen LogP contribution < -0.4 is 10.1 Å². The first-order valence-corrected chi connectivity index (χ1v) is 8.41. The van der Waals surface area contributed by atoms with Gasteiger partial charge in [-0.3, -0.25) is 4.79 Å². The number of carbonyl (C=O) groups excluding carboxylic acids is 1. The lowest BCUT2D eigenvalue weighted by molar-refractivity contribution is 0.102. The van der Waals surface area contributed by atoms with Gasteiger partial charge in [-0.05, 0) is 41.5 Å². The number of phenols is 1. The monoisotopic (exact) mass is 355 g/mol. The van der Waals surface area contributed by atoms with Gasteiger partial charge in [0.1, 0.15) is 11.5 Å². The number of ether oxygens (including phenoxy) is 1. The predicted octanol–water partition coefficient (Wildman–Crippen LogP) is 5.24. The third kappa shape index (κ3) is 3.86. The van der Waals surface area contributed by atoms with Crippen LogP contribution in [0.25, 0.3) is 10.8 Å². The van der Waals surface area contributed by atoms with Crippen molar-refractivity contribution >= 4 is 34.0 Å². The number of nitrogens with one attached hydrogen (secondary N) is 1. The molecule has 0 bridgehead atoms. The van der Waals surface area contributed by atoms with Crippen LogP contribution in [0, 0.1) is 0 Å². The SMILES string of the molecule is CCCOc1cc2ccccc2cc1C(=O)Nc1ccc(Cl)cc1O. The Balaban J connectivity index is 1.98. The lowest BCUT2D eigenvalue weighted by atomic mass is 10.1. The quantitative estimate of drug-likeness (QED) is 0.615. The molecule has 1 amide bonds. The Morgan fingerprint density at radius 1 is 1.12 bits per heavy atom. The zero-order valence-electron chi connectivity index (χ0n) is 13.8. The largest absolute Gasteiger partial charge is 0.506 e. The second-order valence-corrected chi connectivity index (χ2v) is 6.10. The number of hydrogen-bond donors (Lipinski definition) is 2. The maximum Gasteiger partial charge on any atom is 0.259 e. The van der Waals surface area contributed by atoms with E-state index < -0.39 is 0 Å². The minimum Gasteiger partial charge on any atom is -0.506 e. The Labute approximate surface area is 151 Å². The highest BCUT2D eigenvalue weighted by molar-refractivity contribution is 6.30. The second-order valence-electron chi connectivity index (χ2n) is 5.66. The number of hydrogen-bond acceptors (Lipinski definition) is 3. The van der Waals surface area contributed by atoms with Crippen molar-refractivity contribution in [3.63, 3.8) is 0 Å². The summed E-state index contributed by atoms with van der Waals surface area (Å²) in [6.07, 6.45) is 0.839. The van der Waals surface area contributed by atoms with Crippen LogP contribution in [0.5, 0.6) is 11.5 Å². The minimum absolute atomic E-state index is 0.0855. The van der Waals surface area contributed by atoms with Crippen molar-refractivity contribution in [2.45, 2.75) is 13.3 Å². The zero-order chi connectivity index (χ0) is 17.8. The van der Waals surface area contributed by atoms with Crippen LogP contribution >= 0.6 is 11.6 Å². The van der Waals surface area contributed by atoms with Crippen LogP contribution in [-0.2, 0) is 0 Å². The van der Waals surface area contributed by atoms with Crippen molar-refractivity contribution in [2.75, 3.05) is 11.9 Å². The van der Waals surface area contributed by atoms with Crippen molar-refractivity contribution in [1.82, 2.24) is 0 Å². The number of anilines is 1. The van der Waals surface area contributed by atoms with Gasteiger partial charge in [0.2, 0.25) is 0 Å². The summed E-state index contributed by atoms with van der Waals surface area (Å²) in [6.45, 7) is 2.53. The third-order valence-corrected chi connectivity index (χ3v) is 4.00. The number of carbonyl (C=O) groups is 1. The molecule has 0 aromatic heterocycles. The number of rotatable bonds is 5. The molecular weight excluding hydrogens is 338 g/mol. The molecule has 3 aromatic carbocycles. The fourth-order valence-corrected chi connectivity index (χ4v) is 2.69. The fraction of sp³-hybridized carbons (Fsp3) is 0.150. The topological polar surface area (TPSA) is 58.6 Å². The number of benzene rings is 3. The van der Waals surface area contributed by atoms with Crippen molar-refractivity contribution in [2.24, 2.45) is 0 Å². The van der Waals surface area contributed by atoms with E-state index in [0.717, 1.165) is 17.2 Å². The molecule has 4 nitrogen and oxygen atoms in total. The number of halogens is 1. The first-order valence-electron chi connectivity index (χ1n) is 8.04. The van der Waals surface area contributed by atoms with E-state index in [2.05, 4.69) is 5.32 Å². The maximum atomic E-state index is 12.7. The van der Waals surface area contributed by atoms with Crippen molar-refractivity contribution < 1.29 is 14.6 Å². The number of aromatic hydroxyl groups is 1. The highest BCUT2D eigenvalue weighted by Gasteiger charge is 2.16. The van der Waals surface area contributed by atoms with E-state index in [-0.39, 0.29) is 11.7 Å². The van der Waals surface area contributed by atoms with E-state index in [1.54, 1.807) is 18.2 Å². The van der Waals surface area contributed by atoms with Crippen molar-refractivity contribution in [3.8, 4) is 11.5 Å². The summed E-state index contributed by atoms with van der Waals surface area (Å²) in [6, 6.07) is 16.0. The zero-order valence-corrected chi connectivity index (χ0v) is 14.5. The summed E-state index contributed by atoms with van der Waals surface area (Å²) in [5, 5.41) is 15.0. The fourth-order valence-electron chi connectivity index (χ4n) is 2.53. The molecule has 5 heteroatoms. The van der Waals surface area contributed by atoms with Crippen LogP contribution in [0.1, 0.15) is 23.7 Å². The highest BCUT2D eigenvalue weighted by atomic mass is 35.5. The molecule has 0 unspecified atom stereocenters. The van der Waals surface area contributed by atoms with Gasteiger partial charge in [0.25, 0.3) is 5.91 Å². The Hall–Kier alpha value is -2.72.